The highest BCUT2D eigenvalue weighted by atomic mass is 16.5. The van der Waals surface area contributed by atoms with Gasteiger partial charge >= 0.3 is 0 Å². The molecule has 1 aromatic heterocycles. The first-order valence-corrected chi connectivity index (χ1v) is 9.93. The lowest BCUT2D eigenvalue weighted by Crippen LogP contribution is -2.35. The van der Waals surface area contributed by atoms with Gasteiger partial charge in [-0.3, -0.25) is 9.69 Å². The first-order valence-electron chi connectivity index (χ1n) is 9.93. The lowest BCUT2D eigenvalue weighted by molar-refractivity contribution is -0.122. The molecule has 0 spiro atoms. The average Bonchev–Trinajstić information content (AvgIpc) is 3.14. The third-order valence-electron chi connectivity index (χ3n) is 5.76. The molecular formula is C22H24N4O2. The van der Waals surface area contributed by atoms with Crippen molar-refractivity contribution >= 4 is 22.6 Å². The fraction of sp³-hybridized carbons (Fsp3) is 0.364. The quantitative estimate of drug-likeness (QED) is 0.732. The molecule has 2 aromatic carbocycles. The van der Waals surface area contributed by atoms with Crippen molar-refractivity contribution in [3.63, 3.8) is 0 Å². The van der Waals surface area contributed by atoms with Crippen molar-refractivity contribution < 1.29 is 9.53 Å². The zero-order chi connectivity index (χ0) is 19.1. The number of rotatable bonds is 3. The smallest absolute Gasteiger partial charge is 0.265 e. The van der Waals surface area contributed by atoms with Gasteiger partial charge in [0.1, 0.15) is 11.6 Å². The maximum absolute atomic E-state index is 11.8. The number of nitrogens with one attached hydrogen (secondary N) is 2. The topological polar surface area (TPSA) is 70.2 Å². The predicted octanol–water partition coefficient (Wildman–Crippen LogP) is 3.66. The van der Waals surface area contributed by atoms with Crippen LogP contribution in [0, 0.1) is 0 Å². The van der Waals surface area contributed by atoms with E-state index in [4.69, 9.17) is 9.72 Å². The van der Waals surface area contributed by atoms with Crippen LogP contribution in [0.1, 0.15) is 37.1 Å². The summed E-state index contributed by atoms with van der Waals surface area (Å²) in [7, 11) is 0. The summed E-state index contributed by atoms with van der Waals surface area (Å²) in [5, 5.41) is 2.93. The Kier molecular flexibility index (Phi) is 4.28. The molecule has 28 heavy (non-hydrogen) atoms. The number of hydrogen-bond acceptors (Lipinski definition) is 4. The maximum atomic E-state index is 11.8. The number of likely N-dealkylation sites (tertiary alicyclic amines) is 1. The predicted molar refractivity (Wildman–Crippen MR) is 109 cm³/mol. The standard InChI is InChI=1S/C22H24N4O2/c1-14-22(27)25-19-12-15(6-7-20(19)28-14)13-26-10-8-16(9-11-26)21-23-17-4-2-3-5-18(17)24-21/h2-7,12,14,16H,8-11,13H2,1H3,(H,23,24)(H,25,27). The van der Waals surface area contributed by atoms with Crippen molar-refractivity contribution in [1.82, 2.24) is 14.9 Å². The van der Waals surface area contributed by atoms with Gasteiger partial charge in [-0.15, -0.1) is 0 Å². The largest absolute Gasteiger partial charge is 0.479 e. The van der Waals surface area contributed by atoms with Crippen molar-refractivity contribution in [2.45, 2.75) is 38.3 Å². The normalized spacial score (nSPS) is 20.6. The highest BCUT2D eigenvalue weighted by Gasteiger charge is 2.25. The van der Waals surface area contributed by atoms with Gasteiger partial charge in [0.25, 0.3) is 5.91 Å². The van der Waals surface area contributed by atoms with Gasteiger partial charge in [-0.2, -0.15) is 0 Å². The third-order valence-corrected chi connectivity index (χ3v) is 5.76. The summed E-state index contributed by atoms with van der Waals surface area (Å²) < 4.78 is 5.64. The maximum Gasteiger partial charge on any atom is 0.265 e. The number of ether oxygens (including phenoxy) is 1. The molecule has 144 valence electrons. The summed E-state index contributed by atoms with van der Waals surface area (Å²) >= 11 is 0. The molecule has 1 fully saturated rings. The zero-order valence-corrected chi connectivity index (χ0v) is 15.9. The number of aromatic nitrogens is 2. The number of anilines is 1. The molecule has 2 aliphatic rings. The van der Waals surface area contributed by atoms with E-state index in [1.54, 1.807) is 6.92 Å². The molecule has 6 heteroatoms. The summed E-state index contributed by atoms with van der Waals surface area (Å²) in [5.41, 5.74) is 4.14. The number of piperidine rings is 1. The van der Waals surface area contributed by atoms with Gasteiger partial charge in [0.15, 0.2) is 6.10 Å². The Morgan fingerprint density at radius 1 is 1.18 bits per heavy atom. The van der Waals surface area contributed by atoms with E-state index in [0.29, 0.717) is 5.92 Å². The fourth-order valence-electron chi connectivity index (χ4n) is 4.14. The summed E-state index contributed by atoms with van der Waals surface area (Å²) in [6.45, 7) is 4.72. The van der Waals surface area contributed by atoms with Crippen molar-refractivity contribution in [3.05, 3.63) is 53.9 Å². The van der Waals surface area contributed by atoms with Crippen molar-refractivity contribution in [1.29, 1.82) is 0 Å². The minimum Gasteiger partial charge on any atom is -0.479 e. The van der Waals surface area contributed by atoms with Gasteiger partial charge in [-0.1, -0.05) is 18.2 Å². The number of fused-ring (bicyclic) bond motifs is 2. The van der Waals surface area contributed by atoms with Crippen LogP contribution in [-0.2, 0) is 11.3 Å². The molecule has 2 N–H and O–H groups in total. The van der Waals surface area contributed by atoms with Crippen LogP contribution in [0.25, 0.3) is 11.0 Å². The fourth-order valence-corrected chi connectivity index (χ4v) is 4.14. The SMILES string of the molecule is CC1Oc2ccc(CN3CCC(c4nc5ccccc5[nH]4)CC3)cc2NC1=O. The molecule has 1 amide bonds. The number of nitrogens with zero attached hydrogens (tertiary/aromatic N) is 2. The number of H-pyrrole nitrogens is 1. The average molecular weight is 376 g/mol. The van der Waals surface area contributed by atoms with Gasteiger partial charge in [0.2, 0.25) is 0 Å². The number of benzene rings is 2. The van der Waals surface area contributed by atoms with Crippen LogP contribution >= 0.6 is 0 Å². The van der Waals surface area contributed by atoms with Crippen LogP contribution in [0.5, 0.6) is 5.75 Å². The lowest BCUT2D eigenvalue weighted by Gasteiger charge is -2.31. The van der Waals surface area contributed by atoms with E-state index in [2.05, 4.69) is 33.4 Å². The van der Waals surface area contributed by atoms with Gasteiger partial charge < -0.3 is 15.0 Å². The molecule has 3 heterocycles. The number of hydrogen-bond donors (Lipinski definition) is 2. The first kappa shape index (κ1) is 17.3. The van der Waals surface area contributed by atoms with Crippen molar-refractivity contribution in [2.75, 3.05) is 18.4 Å². The highest BCUT2D eigenvalue weighted by molar-refractivity contribution is 5.97. The second-order valence-electron chi connectivity index (χ2n) is 7.77. The second kappa shape index (κ2) is 6.95. The number of para-hydroxylation sites is 2. The molecule has 1 atom stereocenters. The van der Waals surface area contributed by atoms with Crippen molar-refractivity contribution in [3.8, 4) is 5.75 Å². The number of carbonyl (C=O) groups is 1. The highest BCUT2D eigenvalue weighted by Crippen LogP contribution is 2.32. The monoisotopic (exact) mass is 376 g/mol. The van der Waals surface area contributed by atoms with Gasteiger partial charge in [0, 0.05) is 12.5 Å². The Balaban J connectivity index is 1.23. The Morgan fingerprint density at radius 2 is 2.00 bits per heavy atom. The van der Waals surface area contributed by atoms with E-state index in [9.17, 15) is 4.79 Å². The number of carbonyl (C=O) groups excluding carboxylic acids is 1. The lowest BCUT2D eigenvalue weighted by atomic mass is 9.96. The summed E-state index contributed by atoms with van der Waals surface area (Å²) in [6, 6.07) is 14.3. The van der Waals surface area contributed by atoms with Crippen LogP contribution < -0.4 is 10.1 Å². The van der Waals surface area contributed by atoms with Crippen LogP contribution in [0.2, 0.25) is 0 Å². The molecule has 6 nitrogen and oxygen atoms in total. The minimum atomic E-state index is -0.435. The summed E-state index contributed by atoms with van der Waals surface area (Å²) in [6.07, 6.45) is 1.76. The summed E-state index contributed by atoms with van der Waals surface area (Å²) in [5.74, 6) is 2.26. The van der Waals surface area contributed by atoms with Gasteiger partial charge in [-0.25, -0.2) is 4.98 Å². The Labute approximate surface area is 163 Å². The molecule has 5 rings (SSSR count). The second-order valence-corrected chi connectivity index (χ2v) is 7.77. The van der Waals surface area contributed by atoms with E-state index >= 15 is 0 Å². The van der Waals surface area contributed by atoms with Gasteiger partial charge in [0.05, 0.1) is 16.7 Å². The molecule has 1 unspecified atom stereocenters. The van der Waals surface area contributed by atoms with E-state index < -0.39 is 6.10 Å². The third kappa shape index (κ3) is 3.24. The van der Waals surface area contributed by atoms with Crippen LogP contribution in [-0.4, -0.2) is 40.0 Å². The van der Waals surface area contributed by atoms with Gasteiger partial charge in [-0.05, 0) is 62.7 Å². The minimum absolute atomic E-state index is 0.0868. The number of aromatic amines is 1. The zero-order valence-electron chi connectivity index (χ0n) is 15.9. The molecular weight excluding hydrogens is 352 g/mol. The van der Waals surface area contributed by atoms with Crippen LogP contribution in [0.4, 0.5) is 5.69 Å². The molecule has 0 radical (unpaired) electrons. The van der Waals surface area contributed by atoms with E-state index in [0.717, 1.165) is 60.8 Å². The molecule has 2 aliphatic heterocycles. The first-order chi connectivity index (χ1) is 13.7. The van der Waals surface area contributed by atoms with Crippen molar-refractivity contribution in [2.24, 2.45) is 0 Å². The van der Waals surface area contributed by atoms with E-state index in [1.165, 1.54) is 5.56 Å². The summed E-state index contributed by atoms with van der Waals surface area (Å²) in [4.78, 5) is 22.6. The molecule has 0 saturated carbocycles. The Morgan fingerprint density at radius 3 is 2.82 bits per heavy atom. The molecule has 1 saturated heterocycles. The van der Waals surface area contributed by atoms with E-state index in [1.807, 2.05) is 24.3 Å². The Bertz CT molecular complexity index is 987. The Hall–Kier alpha value is -2.86. The molecule has 3 aromatic rings. The number of amides is 1. The van der Waals surface area contributed by atoms with E-state index in [-0.39, 0.29) is 5.91 Å². The van der Waals surface area contributed by atoms with Crippen LogP contribution in [0.3, 0.4) is 0 Å². The molecule has 0 bridgehead atoms. The van der Waals surface area contributed by atoms with Crippen LogP contribution in [0.15, 0.2) is 42.5 Å². The molecule has 0 aliphatic carbocycles. The number of imidazole rings is 1.